The maximum Gasteiger partial charge on any atom is 0.267 e. The number of rotatable bonds is 6. The minimum absolute atomic E-state index is 0.0713. The van der Waals surface area contributed by atoms with Crippen LogP contribution in [0.25, 0.3) is 15.9 Å². The van der Waals surface area contributed by atoms with E-state index in [9.17, 15) is 9.59 Å². The van der Waals surface area contributed by atoms with E-state index in [2.05, 4.69) is 10.5 Å². The molecule has 0 radical (unpaired) electrons. The molecule has 0 saturated heterocycles. The lowest BCUT2D eigenvalue weighted by Gasteiger charge is -2.12. The van der Waals surface area contributed by atoms with Crippen LogP contribution in [0.4, 0.5) is 0 Å². The van der Waals surface area contributed by atoms with E-state index in [0.29, 0.717) is 21.3 Å². The molecule has 1 aliphatic rings. The monoisotopic (exact) mass is 508 g/mol. The van der Waals surface area contributed by atoms with Gasteiger partial charge in [-0.3, -0.25) is 14.2 Å². The molecule has 0 fully saturated rings. The number of hydrogen-bond donors (Lipinski definition) is 1. The zero-order valence-electron chi connectivity index (χ0n) is 18.4. The topological polar surface area (TPSA) is 76.3 Å². The number of nitrogens with zero attached hydrogens (tertiary/aromatic N) is 3. The Kier molecular flexibility index (Phi) is 6.54. The number of thioether (sulfide) groups is 1. The lowest BCUT2D eigenvalue weighted by Crippen LogP contribution is -2.24. The van der Waals surface area contributed by atoms with Crippen molar-refractivity contribution < 1.29 is 4.79 Å². The Morgan fingerprint density at radius 1 is 1.21 bits per heavy atom. The Bertz CT molecular complexity index is 1460. The molecule has 0 aliphatic heterocycles. The molecule has 34 heavy (non-hydrogen) atoms. The summed E-state index contributed by atoms with van der Waals surface area (Å²) in [6, 6.07) is 14.9. The second-order valence-corrected chi connectivity index (χ2v) is 10.5. The minimum atomic E-state index is -0.279. The number of aromatic nitrogens is 2. The number of halogens is 1. The van der Waals surface area contributed by atoms with E-state index in [1.807, 2.05) is 31.2 Å². The van der Waals surface area contributed by atoms with Crippen LogP contribution in [0.2, 0.25) is 5.02 Å². The third-order valence-electron chi connectivity index (χ3n) is 5.61. The van der Waals surface area contributed by atoms with Gasteiger partial charge in [0.15, 0.2) is 5.16 Å². The van der Waals surface area contributed by atoms with Crippen molar-refractivity contribution in [2.75, 3.05) is 5.75 Å². The average molecular weight is 509 g/mol. The van der Waals surface area contributed by atoms with Gasteiger partial charge in [0.2, 0.25) is 0 Å². The first kappa shape index (κ1) is 22.8. The quantitative estimate of drug-likeness (QED) is 0.169. The Labute approximate surface area is 209 Å². The zero-order valence-corrected chi connectivity index (χ0v) is 20.8. The Morgan fingerprint density at radius 2 is 1.97 bits per heavy atom. The number of thiophene rings is 1. The van der Waals surface area contributed by atoms with Gasteiger partial charge in [-0.1, -0.05) is 53.2 Å². The lowest BCUT2D eigenvalue weighted by atomic mass is 10.2. The molecule has 1 N–H and O–H groups in total. The molecular formula is C25H21ClN4O2S2. The first-order valence-corrected chi connectivity index (χ1v) is 13.0. The molecule has 2 aromatic carbocycles. The number of amides is 1. The van der Waals surface area contributed by atoms with Gasteiger partial charge in [-0.25, -0.2) is 10.4 Å². The number of benzene rings is 2. The molecule has 6 nitrogen and oxygen atoms in total. The molecule has 2 aromatic heterocycles. The fourth-order valence-electron chi connectivity index (χ4n) is 3.93. The number of carbonyl (C=O) groups is 1. The first-order chi connectivity index (χ1) is 16.5. The van der Waals surface area contributed by atoms with Crippen LogP contribution in [0.15, 0.2) is 63.6 Å². The molecule has 172 valence electrons. The van der Waals surface area contributed by atoms with Gasteiger partial charge in [-0.05, 0) is 61.6 Å². The predicted molar refractivity (Wildman–Crippen MR) is 140 cm³/mol. The number of nitrogens with one attached hydrogen (secondary N) is 1. The molecule has 0 spiro atoms. The maximum absolute atomic E-state index is 13.6. The summed E-state index contributed by atoms with van der Waals surface area (Å²) in [5, 5.41) is 5.79. The molecule has 0 bridgehead atoms. The van der Waals surface area contributed by atoms with Crippen molar-refractivity contribution >= 4 is 57.0 Å². The van der Waals surface area contributed by atoms with Crippen molar-refractivity contribution in [3.8, 4) is 5.69 Å². The highest BCUT2D eigenvalue weighted by Gasteiger charge is 2.24. The van der Waals surface area contributed by atoms with E-state index in [1.54, 1.807) is 46.4 Å². The lowest BCUT2D eigenvalue weighted by molar-refractivity contribution is -0.118. The number of hydrazone groups is 1. The third kappa shape index (κ3) is 4.66. The molecule has 5 rings (SSSR count). The molecule has 0 atom stereocenters. The summed E-state index contributed by atoms with van der Waals surface area (Å²) in [4.78, 5) is 32.8. The zero-order chi connectivity index (χ0) is 23.7. The maximum atomic E-state index is 13.6. The van der Waals surface area contributed by atoms with E-state index in [1.165, 1.54) is 16.6 Å². The molecular weight excluding hydrogens is 488 g/mol. The molecule has 0 saturated carbocycles. The normalized spacial score (nSPS) is 13.0. The molecule has 9 heteroatoms. The van der Waals surface area contributed by atoms with Crippen molar-refractivity contribution in [1.82, 2.24) is 15.0 Å². The van der Waals surface area contributed by atoms with Crippen molar-refractivity contribution in [2.24, 2.45) is 5.10 Å². The van der Waals surface area contributed by atoms with Gasteiger partial charge >= 0.3 is 0 Å². The smallest absolute Gasteiger partial charge is 0.267 e. The van der Waals surface area contributed by atoms with Crippen LogP contribution in [-0.4, -0.2) is 27.4 Å². The van der Waals surface area contributed by atoms with Crippen LogP contribution < -0.4 is 11.0 Å². The van der Waals surface area contributed by atoms with Crippen LogP contribution in [0.5, 0.6) is 0 Å². The van der Waals surface area contributed by atoms with Crippen molar-refractivity contribution in [1.29, 1.82) is 0 Å². The summed E-state index contributed by atoms with van der Waals surface area (Å²) in [5.41, 5.74) is 6.29. The standard InChI is InChI=1S/C25H21ClN4O2S2/c1-15-5-7-16(8-6-15)13-27-29-21(31)14-33-25-28-23-22(19-3-2-4-20(19)34-23)24(32)30(25)18-11-9-17(26)10-12-18/h5-13H,2-4,14H2,1H3,(H,29,31). The van der Waals surface area contributed by atoms with E-state index in [-0.39, 0.29) is 17.2 Å². The van der Waals surface area contributed by atoms with Gasteiger partial charge in [0.1, 0.15) is 4.83 Å². The summed E-state index contributed by atoms with van der Waals surface area (Å²) < 4.78 is 1.58. The Hall–Kier alpha value is -2.94. The van der Waals surface area contributed by atoms with Crippen molar-refractivity contribution in [3.05, 3.63) is 85.5 Å². The average Bonchev–Trinajstić information content (AvgIpc) is 3.41. The van der Waals surface area contributed by atoms with E-state index >= 15 is 0 Å². The predicted octanol–water partition coefficient (Wildman–Crippen LogP) is 5.14. The van der Waals surface area contributed by atoms with Gasteiger partial charge < -0.3 is 0 Å². The van der Waals surface area contributed by atoms with Crippen molar-refractivity contribution in [2.45, 2.75) is 31.3 Å². The second-order valence-electron chi connectivity index (χ2n) is 8.04. The highest BCUT2D eigenvalue weighted by Crippen LogP contribution is 2.36. The summed E-state index contributed by atoms with van der Waals surface area (Å²) in [7, 11) is 0. The number of fused-ring (bicyclic) bond motifs is 3. The van der Waals surface area contributed by atoms with Crippen LogP contribution in [0.1, 0.15) is 28.0 Å². The highest BCUT2D eigenvalue weighted by atomic mass is 35.5. The van der Waals surface area contributed by atoms with Gasteiger partial charge in [0.25, 0.3) is 11.5 Å². The third-order valence-corrected chi connectivity index (χ3v) is 7.98. The van der Waals surface area contributed by atoms with Crippen LogP contribution in [0.3, 0.4) is 0 Å². The number of hydrogen-bond acceptors (Lipinski definition) is 6. The van der Waals surface area contributed by atoms with Gasteiger partial charge in [0.05, 0.1) is 23.0 Å². The molecule has 4 aromatic rings. The minimum Gasteiger partial charge on any atom is -0.272 e. The van der Waals surface area contributed by atoms with Crippen LogP contribution in [0, 0.1) is 6.92 Å². The summed E-state index contributed by atoms with van der Waals surface area (Å²) >= 11 is 8.86. The Balaban J connectivity index is 1.41. The van der Waals surface area contributed by atoms with Gasteiger partial charge in [-0.2, -0.15) is 5.10 Å². The van der Waals surface area contributed by atoms with Gasteiger partial charge in [-0.15, -0.1) is 11.3 Å². The van der Waals surface area contributed by atoms with E-state index in [0.717, 1.165) is 40.8 Å². The first-order valence-electron chi connectivity index (χ1n) is 10.8. The molecule has 1 amide bonds. The summed E-state index contributed by atoms with van der Waals surface area (Å²) in [5.74, 6) is -0.207. The number of carbonyl (C=O) groups excluding carboxylic acids is 1. The second kappa shape index (κ2) is 9.74. The van der Waals surface area contributed by atoms with Gasteiger partial charge in [0, 0.05) is 9.90 Å². The van der Waals surface area contributed by atoms with Crippen LogP contribution >= 0.6 is 34.7 Å². The fourth-order valence-corrected chi connectivity index (χ4v) is 6.17. The van der Waals surface area contributed by atoms with Crippen molar-refractivity contribution in [3.63, 3.8) is 0 Å². The van der Waals surface area contributed by atoms with E-state index < -0.39 is 0 Å². The van der Waals surface area contributed by atoms with E-state index in [4.69, 9.17) is 16.6 Å². The Morgan fingerprint density at radius 3 is 2.74 bits per heavy atom. The summed E-state index contributed by atoms with van der Waals surface area (Å²) in [6.45, 7) is 2.01. The molecule has 0 unspecified atom stereocenters. The molecule has 2 heterocycles. The SMILES string of the molecule is Cc1ccc(C=NNC(=O)CSc2nc3sc4c(c3c(=O)n2-c2ccc(Cl)cc2)CCC4)cc1. The number of aryl methyl sites for hydroxylation is 3. The fraction of sp³-hybridized carbons (Fsp3) is 0.200. The largest absolute Gasteiger partial charge is 0.272 e. The summed E-state index contributed by atoms with van der Waals surface area (Å²) in [6.07, 6.45) is 4.56. The molecule has 1 aliphatic carbocycles. The van der Waals surface area contributed by atoms with Crippen LogP contribution in [-0.2, 0) is 17.6 Å². The highest BCUT2D eigenvalue weighted by molar-refractivity contribution is 7.99.